The Bertz CT molecular complexity index is 3910. The molecule has 0 spiro atoms. The van der Waals surface area contributed by atoms with Crippen molar-refractivity contribution in [2.45, 2.75) is 0 Å². The van der Waals surface area contributed by atoms with Crippen LogP contribution < -0.4 is 38.2 Å². The molecule has 294 valence electrons. The van der Waals surface area contributed by atoms with Crippen LogP contribution in [0.3, 0.4) is 0 Å². The molecule has 64 heavy (non-hydrogen) atoms. The summed E-state index contributed by atoms with van der Waals surface area (Å²) in [6.45, 7) is 0. The van der Waals surface area contributed by atoms with E-state index in [-0.39, 0.29) is 0 Å². The van der Waals surface area contributed by atoms with Crippen molar-refractivity contribution in [3.63, 3.8) is 0 Å². The van der Waals surface area contributed by atoms with Crippen molar-refractivity contribution in [3.05, 3.63) is 164 Å². The van der Waals surface area contributed by atoms with Crippen LogP contribution in [-0.2, 0) is 0 Å². The first-order valence-corrected chi connectivity index (χ1v) is 22.4. The number of furan rings is 1. The van der Waals surface area contributed by atoms with Crippen molar-refractivity contribution in [3.8, 4) is 44.8 Å². The van der Waals surface area contributed by atoms with Crippen molar-refractivity contribution >= 4 is 159 Å². The van der Waals surface area contributed by atoms with Gasteiger partial charge in [0.2, 0.25) is 0 Å². The second kappa shape index (κ2) is 14.4. The Morgan fingerprint density at radius 3 is 1.59 bits per heavy atom. The molecular formula is C54H41B7N2O. The Morgan fingerprint density at radius 1 is 0.312 bits per heavy atom. The molecular weight excluding hydrogens is 768 g/mol. The highest BCUT2D eigenvalue weighted by Crippen LogP contribution is 2.39. The summed E-state index contributed by atoms with van der Waals surface area (Å²) in [7, 11) is 16.3. The van der Waals surface area contributed by atoms with Crippen molar-refractivity contribution in [2.24, 2.45) is 0 Å². The normalized spacial score (nSPS) is 11.9. The van der Waals surface area contributed by atoms with Crippen LogP contribution in [0.15, 0.2) is 168 Å². The van der Waals surface area contributed by atoms with Crippen molar-refractivity contribution in [1.29, 1.82) is 0 Å². The first kappa shape index (κ1) is 38.5. The molecule has 0 amide bonds. The number of benzene rings is 9. The van der Waals surface area contributed by atoms with E-state index in [4.69, 9.17) is 4.42 Å². The summed E-state index contributed by atoms with van der Waals surface area (Å²) in [5.41, 5.74) is 25.7. The second-order valence-corrected chi connectivity index (χ2v) is 17.9. The van der Waals surface area contributed by atoms with E-state index in [0.29, 0.717) is 0 Å². The van der Waals surface area contributed by atoms with Crippen LogP contribution in [0, 0.1) is 0 Å². The van der Waals surface area contributed by atoms with E-state index >= 15 is 0 Å². The zero-order valence-corrected chi connectivity index (χ0v) is 37.4. The van der Waals surface area contributed by atoms with E-state index in [0.717, 1.165) is 27.6 Å². The number of aromatic nitrogens is 2. The number of fused-ring (bicyclic) bond motifs is 9. The van der Waals surface area contributed by atoms with Gasteiger partial charge in [-0.15, -0.1) is 5.46 Å². The third kappa shape index (κ3) is 5.58. The predicted octanol–water partition coefficient (Wildman–Crippen LogP) is 2.59. The van der Waals surface area contributed by atoms with E-state index < -0.39 is 0 Å². The van der Waals surface area contributed by atoms with Gasteiger partial charge >= 0.3 is 0 Å². The third-order valence-corrected chi connectivity index (χ3v) is 14.6. The molecule has 0 N–H and O–H groups in total. The van der Waals surface area contributed by atoms with Gasteiger partial charge in [-0.05, 0) is 87.3 Å². The predicted molar refractivity (Wildman–Crippen MR) is 296 cm³/mol. The fourth-order valence-corrected chi connectivity index (χ4v) is 11.0. The second-order valence-electron chi connectivity index (χ2n) is 17.9. The lowest BCUT2D eigenvalue weighted by Crippen LogP contribution is -2.48. The molecule has 3 heterocycles. The first-order valence-electron chi connectivity index (χ1n) is 22.4. The Hall–Kier alpha value is -7.17. The number of nitrogens with zero attached hydrogens (tertiary/aromatic N) is 2. The van der Waals surface area contributed by atoms with E-state index in [1.807, 2.05) is 6.07 Å². The zero-order valence-electron chi connectivity index (χ0n) is 37.4. The molecule has 0 radical (unpaired) electrons. The number of hydrogen-bond donors (Lipinski definition) is 0. The lowest BCUT2D eigenvalue weighted by Gasteiger charge is -2.19. The molecule has 3 aromatic heterocycles. The molecule has 12 rings (SSSR count). The maximum absolute atomic E-state index is 6.46. The number of rotatable bonds is 5. The summed E-state index contributed by atoms with van der Waals surface area (Å²) >= 11 is 0. The summed E-state index contributed by atoms with van der Waals surface area (Å²) in [6, 6.07) is 59.6. The van der Waals surface area contributed by atoms with Crippen LogP contribution in [0.1, 0.15) is 0 Å². The molecule has 10 heteroatoms. The maximum atomic E-state index is 6.46. The molecule has 0 aliphatic rings. The molecule has 3 nitrogen and oxygen atoms in total. The quantitative estimate of drug-likeness (QED) is 0.246. The molecule has 0 aliphatic heterocycles. The van der Waals surface area contributed by atoms with Crippen LogP contribution in [0.2, 0.25) is 0 Å². The van der Waals surface area contributed by atoms with Gasteiger partial charge < -0.3 is 13.6 Å². The van der Waals surface area contributed by atoms with Crippen molar-refractivity contribution in [2.75, 3.05) is 0 Å². The van der Waals surface area contributed by atoms with Gasteiger partial charge in [0.1, 0.15) is 66.1 Å². The molecule has 0 aliphatic carbocycles. The molecule has 0 atom stereocenters. The topological polar surface area (TPSA) is 23.0 Å². The van der Waals surface area contributed by atoms with Gasteiger partial charge in [-0.3, -0.25) is 0 Å². The molecule has 0 unspecified atom stereocenters. The molecule has 0 fully saturated rings. The summed E-state index contributed by atoms with van der Waals surface area (Å²) in [5.74, 6) is 0. The molecule has 0 saturated heterocycles. The molecule has 0 bridgehead atoms. The van der Waals surface area contributed by atoms with E-state index in [1.165, 1.54) is 121 Å². The minimum atomic E-state index is 0.891. The van der Waals surface area contributed by atoms with Crippen LogP contribution in [-0.4, -0.2) is 64.1 Å². The molecule has 12 aromatic rings. The van der Waals surface area contributed by atoms with Crippen LogP contribution >= 0.6 is 0 Å². The first-order chi connectivity index (χ1) is 31.2. The van der Waals surface area contributed by atoms with Gasteiger partial charge in [-0.1, -0.05) is 142 Å². The minimum absolute atomic E-state index is 0.891. The van der Waals surface area contributed by atoms with E-state index in [9.17, 15) is 0 Å². The fourth-order valence-electron chi connectivity index (χ4n) is 11.0. The van der Waals surface area contributed by atoms with Crippen LogP contribution in [0.25, 0.3) is 110 Å². The third-order valence-electron chi connectivity index (χ3n) is 14.6. The van der Waals surface area contributed by atoms with Crippen molar-refractivity contribution < 1.29 is 4.42 Å². The summed E-state index contributed by atoms with van der Waals surface area (Å²) in [4.78, 5) is 0. The highest BCUT2D eigenvalue weighted by atomic mass is 16.3. The lowest BCUT2D eigenvalue weighted by atomic mass is 9.64. The SMILES string of the molecule is Bc1c(B)c(B)c2c(c1B)c1c(B)c(-c3ccc4c(c3)c3ccc(-c5ccccc5)cc3n4-c3ccc4c(c3)oc3ccccc34)c(B)c(B)c1n2-c1ccc(-c2ccccc2)cc1. The molecule has 0 saturated carbocycles. The highest BCUT2D eigenvalue weighted by molar-refractivity contribution is 6.69. The van der Waals surface area contributed by atoms with Gasteiger partial charge in [0, 0.05) is 55.4 Å². The average Bonchev–Trinajstić information content (AvgIpc) is 4.00. The lowest BCUT2D eigenvalue weighted by molar-refractivity contribution is 0.668. The minimum Gasteiger partial charge on any atom is -0.456 e. The standard InChI is InChI=1S/C54H41B7N2O/c55-46-43(47(56)51(60)53-44(46)45-48(57)49(58)50(59)52(61)54(45)63(53)33-19-15-30(16-20-33)28-9-3-1-4-10-28)32-18-24-39-38(25-32)35-22-17-31(29-11-5-2-6-12-29)26-40(35)62(39)34-21-23-37-36-13-7-8-14-41(36)64-42(37)27-34/h1-27H,55-61H2. The summed E-state index contributed by atoms with van der Waals surface area (Å²) in [5, 5.41) is 7.43. The molecule has 9 aromatic carbocycles. The Kier molecular flexibility index (Phi) is 8.69. The maximum Gasteiger partial charge on any atom is 0.141 e. The monoisotopic (exact) mass is 810 g/mol. The Morgan fingerprint density at radius 2 is 0.859 bits per heavy atom. The Balaban J connectivity index is 1.11. The zero-order chi connectivity index (χ0) is 43.5. The number of hydrogen-bond acceptors (Lipinski definition) is 1. The van der Waals surface area contributed by atoms with Gasteiger partial charge in [-0.2, -0.15) is 0 Å². The van der Waals surface area contributed by atoms with Crippen molar-refractivity contribution in [1.82, 2.24) is 9.13 Å². The smallest absolute Gasteiger partial charge is 0.141 e. The largest absolute Gasteiger partial charge is 0.456 e. The van der Waals surface area contributed by atoms with Gasteiger partial charge in [0.15, 0.2) is 0 Å². The van der Waals surface area contributed by atoms with Gasteiger partial charge in [0.25, 0.3) is 0 Å². The fraction of sp³-hybridized carbons (Fsp3) is 0. The van der Waals surface area contributed by atoms with Gasteiger partial charge in [0.05, 0.1) is 11.0 Å². The van der Waals surface area contributed by atoms with Gasteiger partial charge in [-0.25, -0.2) is 0 Å². The summed E-state index contributed by atoms with van der Waals surface area (Å²) < 4.78 is 11.4. The number of para-hydroxylation sites is 1. The summed E-state index contributed by atoms with van der Waals surface area (Å²) in [6.07, 6.45) is 0. The average molecular weight is 810 g/mol. The van der Waals surface area contributed by atoms with E-state index in [2.05, 4.69) is 222 Å². The van der Waals surface area contributed by atoms with Crippen LogP contribution in [0.5, 0.6) is 0 Å². The van der Waals surface area contributed by atoms with E-state index in [1.54, 1.807) is 0 Å². The Labute approximate surface area is 379 Å². The highest BCUT2D eigenvalue weighted by Gasteiger charge is 2.25. The van der Waals surface area contributed by atoms with Crippen LogP contribution in [0.4, 0.5) is 0 Å².